The molecular formula is C17H18F7NO2. The summed E-state index contributed by atoms with van der Waals surface area (Å²) in [4.78, 5) is 12.0. The first kappa shape index (κ1) is 21.5. The molecule has 1 saturated heterocycles. The predicted octanol–water partition coefficient (Wildman–Crippen LogP) is 4.42. The molecule has 0 atom stereocenters. The maximum atomic E-state index is 13.7. The third-order valence-corrected chi connectivity index (χ3v) is 4.34. The molecule has 1 aromatic carbocycles. The lowest BCUT2D eigenvalue weighted by molar-refractivity contribution is -0.267. The van der Waals surface area contributed by atoms with E-state index in [-0.39, 0.29) is 12.8 Å². The van der Waals surface area contributed by atoms with Crippen molar-refractivity contribution in [2.45, 2.75) is 49.3 Å². The van der Waals surface area contributed by atoms with Crippen LogP contribution in [0.1, 0.15) is 31.2 Å². The number of nitrogens with one attached hydrogen (secondary N) is 1. The summed E-state index contributed by atoms with van der Waals surface area (Å²) in [5, 5.41) is 3.00. The Kier molecular flexibility index (Phi) is 6.08. The standard InChI is InChI=1S/C17H18F7NO2/c18-15(19,16(20,21)11-17(22,23)24)10-13(26)27-14(6-8-25-9-7-14)12-4-2-1-3-5-12/h1-5,25H,6-11H2. The number of esters is 1. The van der Waals surface area contributed by atoms with E-state index in [0.717, 1.165) is 0 Å². The molecule has 0 unspecified atom stereocenters. The maximum Gasteiger partial charge on any atom is 0.395 e. The summed E-state index contributed by atoms with van der Waals surface area (Å²) in [7, 11) is 0. The Bertz CT molecular complexity index is 640. The summed E-state index contributed by atoms with van der Waals surface area (Å²) in [5.41, 5.74) is -0.788. The molecule has 1 fully saturated rings. The lowest BCUT2D eigenvalue weighted by atomic mass is 9.84. The van der Waals surface area contributed by atoms with E-state index in [4.69, 9.17) is 4.74 Å². The largest absolute Gasteiger partial charge is 0.454 e. The Morgan fingerprint density at radius 2 is 1.52 bits per heavy atom. The van der Waals surface area contributed by atoms with Gasteiger partial charge < -0.3 is 10.1 Å². The van der Waals surface area contributed by atoms with Crippen LogP contribution in [-0.4, -0.2) is 37.1 Å². The third-order valence-electron chi connectivity index (χ3n) is 4.34. The highest BCUT2D eigenvalue weighted by molar-refractivity contribution is 5.71. The van der Waals surface area contributed by atoms with Crippen molar-refractivity contribution in [2.75, 3.05) is 13.1 Å². The second kappa shape index (κ2) is 7.65. The zero-order chi connectivity index (χ0) is 20.3. The first-order valence-electron chi connectivity index (χ1n) is 8.17. The molecular weight excluding hydrogens is 383 g/mol. The number of carbonyl (C=O) groups is 1. The summed E-state index contributed by atoms with van der Waals surface area (Å²) in [6.45, 7) is 0.783. The SMILES string of the molecule is O=C(CC(F)(F)C(F)(F)CC(F)(F)F)OC1(c2ccccc2)CCNCC1. The van der Waals surface area contributed by atoms with Gasteiger partial charge in [-0.2, -0.15) is 30.7 Å². The molecule has 1 aromatic rings. The third kappa shape index (κ3) is 5.33. The van der Waals surface area contributed by atoms with Crippen LogP contribution in [0, 0.1) is 0 Å². The summed E-state index contributed by atoms with van der Waals surface area (Å²) in [6.07, 6.45) is -10.2. The fraction of sp³-hybridized carbons (Fsp3) is 0.588. The minimum absolute atomic E-state index is 0.216. The van der Waals surface area contributed by atoms with E-state index in [9.17, 15) is 35.5 Å². The average molecular weight is 401 g/mol. The second-order valence-corrected chi connectivity index (χ2v) is 6.46. The highest BCUT2D eigenvalue weighted by Crippen LogP contribution is 2.45. The Morgan fingerprint density at radius 3 is 2.04 bits per heavy atom. The number of ether oxygens (including phenoxy) is 1. The van der Waals surface area contributed by atoms with Gasteiger partial charge in [0, 0.05) is 12.8 Å². The van der Waals surface area contributed by atoms with Gasteiger partial charge in [0.2, 0.25) is 0 Å². The van der Waals surface area contributed by atoms with Crippen LogP contribution in [0.4, 0.5) is 30.7 Å². The van der Waals surface area contributed by atoms with Gasteiger partial charge in [0.05, 0.1) is 0 Å². The van der Waals surface area contributed by atoms with Crippen molar-refractivity contribution in [3.05, 3.63) is 35.9 Å². The predicted molar refractivity (Wildman–Crippen MR) is 81.5 cm³/mol. The summed E-state index contributed by atoms with van der Waals surface area (Å²) in [6, 6.07) is 8.17. The van der Waals surface area contributed by atoms with Crippen molar-refractivity contribution < 1.29 is 40.3 Å². The molecule has 0 spiro atoms. The maximum absolute atomic E-state index is 13.7. The molecule has 1 heterocycles. The van der Waals surface area contributed by atoms with Crippen molar-refractivity contribution in [3.63, 3.8) is 0 Å². The highest BCUT2D eigenvalue weighted by atomic mass is 19.4. The topological polar surface area (TPSA) is 38.3 Å². The Morgan fingerprint density at radius 1 is 0.963 bits per heavy atom. The lowest BCUT2D eigenvalue weighted by Crippen LogP contribution is -2.47. The van der Waals surface area contributed by atoms with Crippen LogP contribution in [0.2, 0.25) is 0 Å². The Labute approximate surface area is 150 Å². The van der Waals surface area contributed by atoms with Crippen molar-refractivity contribution in [1.29, 1.82) is 0 Å². The van der Waals surface area contributed by atoms with E-state index in [2.05, 4.69) is 5.32 Å². The minimum Gasteiger partial charge on any atom is -0.454 e. The molecule has 1 N–H and O–H groups in total. The monoisotopic (exact) mass is 401 g/mol. The van der Waals surface area contributed by atoms with Crippen molar-refractivity contribution in [1.82, 2.24) is 5.32 Å². The number of halogens is 7. The molecule has 1 aliphatic heterocycles. The molecule has 0 amide bonds. The number of rotatable bonds is 6. The lowest BCUT2D eigenvalue weighted by Gasteiger charge is -2.38. The molecule has 0 radical (unpaired) electrons. The van der Waals surface area contributed by atoms with E-state index in [1.165, 1.54) is 0 Å². The molecule has 0 aliphatic carbocycles. The summed E-state index contributed by atoms with van der Waals surface area (Å²) < 4.78 is 95.7. The zero-order valence-electron chi connectivity index (χ0n) is 14.1. The van der Waals surface area contributed by atoms with Crippen LogP contribution >= 0.6 is 0 Å². The first-order valence-corrected chi connectivity index (χ1v) is 8.17. The molecule has 1 aliphatic rings. The average Bonchev–Trinajstić information content (AvgIpc) is 2.53. The number of alkyl halides is 7. The van der Waals surface area contributed by atoms with Gasteiger partial charge in [-0.25, -0.2) is 0 Å². The van der Waals surface area contributed by atoms with E-state index in [0.29, 0.717) is 18.7 Å². The fourth-order valence-electron chi connectivity index (χ4n) is 2.97. The highest BCUT2D eigenvalue weighted by Gasteiger charge is 2.62. The van der Waals surface area contributed by atoms with Gasteiger partial charge in [0.25, 0.3) is 0 Å². The van der Waals surface area contributed by atoms with Gasteiger partial charge in [-0.15, -0.1) is 0 Å². The van der Waals surface area contributed by atoms with Crippen molar-refractivity contribution in [2.24, 2.45) is 0 Å². The van der Waals surface area contributed by atoms with Crippen LogP contribution in [0.15, 0.2) is 30.3 Å². The van der Waals surface area contributed by atoms with Crippen LogP contribution in [0.25, 0.3) is 0 Å². The summed E-state index contributed by atoms with van der Waals surface area (Å²) in [5.74, 6) is -12.3. The Balaban J connectivity index is 2.16. The van der Waals surface area contributed by atoms with Crippen LogP contribution in [0.5, 0.6) is 0 Å². The number of benzene rings is 1. The molecule has 0 aromatic heterocycles. The van der Waals surface area contributed by atoms with Gasteiger partial charge in [-0.05, 0) is 18.7 Å². The number of hydrogen-bond donors (Lipinski definition) is 1. The van der Waals surface area contributed by atoms with E-state index < -0.39 is 42.4 Å². The quantitative estimate of drug-likeness (QED) is 0.567. The van der Waals surface area contributed by atoms with E-state index in [1.54, 1.807) is 30.3 Å². The molecule has 3 nitrogen and oxygen atoms in total. The first-order chi connectivity index (χ1) is 12.4. The normalized spacial score (nSPS) is 18.2. The van der Waals surface area contributed by atoms with Gasteiger partial charge in [-0.1, -0.05) is 30.3 Å². The van der Waals surface area contributed by atoms with Crippen LogP contribution < -0.4 is 5.32 Å². The molecule has 0 bridgehead atoms. The van der Waals surface area contributed by atoms with Crippen LogP contribution in [0.3, 0.4) is 0 Å². The molecule has 152 valence electrons. The summed E-state index contributed by atoms with van der Waals surface area (Å²) >= 11 is 0. The van der Waals surface area contributed by atoms with E-state index >= 15 is 0 Å². The number of carbonyl (C=O) groups excluding carboxylic acids is 1. The number of piperidine rings is 1. The second-order valence-electron chi connectivity index (χ2n) is 6.46. The van der Waals surface area contributed by atoms with Gasteiger partial charge in [0.1, 0.15) is 18.4 Å². The van der Waals surface area contributed by atoms with Gasteiger partial charge in [0.15, 0.2) is 0 Å². The van der Waals surface area contributed by atoms with Gasteiger partial charge in [-0.3, -0.25) is 4.79 Å². The van der Waals surface area contributed by atoms with Crippen LogP contribution in [-0.2, 0) is 15.1 Å². The molecule has 2 rings (SSSR count). The minimum atomic E-state index is -5.50. The van der Waals surface area contributed by atoms with E-state index in [1.807, 2.05) is 0 Å². The van der Waals surface area contributed by atoms with Gasteiger partial charge >= 0.3 is 24.0 Å². The zero-order valence-corrected chi connectivity index (χ0v) is 14.1. The molecule has 0 saturated carbocycles. The number of hydrogen-bond acceptors (Lipinski definition) is 3. The van der Waals surface area contributed by atoms with Crippen molar-refractivity contribution in [3.8, 4) is 0 Å². The fourth-order valence-corrected chi connectivity index (χ4v) is 2.97. The smallest absolute Gasteiger partial charge is 0.395 e. The van der Waals surface area contributed by atoms with Crippen molar-refractivity contribution >= 4 is 5.97 Å². The molecule has 27 heavy (non-hydrogen) atoms. The molecule has 10 heteroatoms. The Hall–Kier alpha value is -1.84.